The molecule has 3 unspecified atom stereocenters. The van der Waals surface area contributed by atoms with Gasteiger partial charge in [0.1, 0.15) is 22.6 Å². The molecule has 2 aliphatic heterocycles. The summed E-state index contributed by atoms with van der Waals surface area (Å²) < 4.78 is 50.5. The number of hydrogen-bond donors (Lipinski definition) is 3. The molecule has 0 aliphatic carbocycles. The van der Waals surface area contributed by atoms with Gasteiger partial charge < -0.3 is 15.1 Å². The second-order valence-electron chi connectivity index (χ2n) is 8.43. The summed E-state index contributed by atoms with van der Waals surface area (Å²) in [5.74, 6) is 7.33. The predicted octanol–water partition coefficient (Wildman–Crippen LogP) is 5.10. The van der Waals surface area contributed by atoms with Crippen LogP contribution in [0, 0.1) is 10.1 Å². The standard InChI is InChI=1S/C22H14ClF3N8O4/c23-13-5-4-10(8-14(13)34(35)36)15-6-7-16(37-15)17-21(33(17)27)20(29-18-19(30-21)32-38-31-18)28-12-3-1-2-11(9-12)22(24,25)26/h1-9,17H,27H2,(H,30,32)(H,28,29,31). The number of nitrogens with two attached hydrogens (primary N) is 1. The minimum Gasteiger partial charge on any atom is -0.459 e. The summed E-state index contributed by atoms with van der Waals surface area (Å²) in [5.41, 5.74) is -1.94. The molecule has 38 heavy (non-hydrogen) atoms. The van der Waals surface area contributed by atoms with E-state index >= 15 is 0 Å². The van der Waals surface area contributed by atoms with Gasteiger partial charge in [-0.2, -0.15) is 18.2 Å². The number of aliphatic imine (C=N–C) groups is 1. The highest BCUT2D eigenvalue weighted by Gasteiger charge is 2.70. The van der Waals surface area contributed by atoms with E-state index in [-0.39, 0.29) is 33.9 Å². The maximum Gasteiger partial charge on any atom is 0.416 e. The Morgan fingerprint density at radius 1 is 1.18 bits per heavy atom. The number of nitrogens with zero attached hydrogens (tertiary/aromatic N) is 5. The zero-order valence-corrected chi connectivity index (χ0v) is 19.5. The van der Waals surface area contributed by atoms with Crippen LogP contribution in [0.1, 0.15) is 17.4 Å². The lowest BCUT2D eigenvalue weighted by Crippen LogP contribution is -2.45. The van der Waals surface area contributed by atoms with E-state index in [4.69, 9.17) is 26.5 Å². The van der Waals surface area contributed by atoms with Gasteiger partial charge in [0.05, 0.1) is 10.5 Å². The Hall–Kier alpha value is -4.47. The number of nitrogens with one attached hydrogen (secondary N) is 2. The third-order valence-electron chi connectivity index (χ3n) is 6.15. The first kappa shape index (κ1) is 23.9. The molecule has 3 atom stereocenters. The number of furan rings is 1. The molecule has 0 bridgehead atoms. The van der Waals surface area contributed by atoms with Gasteiger partial charge in [-0.05, 0) is 52.8 Å². The Morgan fingerprint density at radius 3 is 2.76 bits per heavy atom. The highest BCUT2D eigenvalue weighted by molar-refractivity contribution is 6.32. The van der Waals surface area contributed by atoms with Gasteiger partial charge in [-0.1, -0.05) is 17.7 Å². The van der Waals surface area contributed by atoms with Crippen LogP contribution >= 0.6 is 11.6 Å². The monoisotopic (exact) mass is 546 g/mol. The highest BCUT2D eigenvalue weighted by atomic mass is 35.5. The summed E-state index contributed by atoms with van der Waals surface area (Å²) >= 11 is 5.90. The number of nitro benzene ring substituents is 1. The molecule has 4 N–H and O–H groups in total. The van der Waals surface area contributed by atoms with Crippen molar-refractivity contribution in [2.24, 2.45) is 10.8 Å². The van der Waals surface area contributed by atoms with Gasteiger partial charge in [0.15, 0.2) is 11.5 Å². The number of benzene rings is 2. The van der Waals surface area contributed by atoms with Gasteiger partial charge >= 0.3 is 6.18 Å². The summed E-state index contributed by atoms with van der Waals surface area (Å²) in [7, 11) is 0. The molecule has 2 aromatic carbocycles. The molecule has 2 aliphatic rings. The molecule has 194 valence electrons. The average molecular weight is 547 g/mol. The lowest BCUT2D eigenvalue weighted by atomic mass is 10.1. The first-order chi connectivity index (χ1) is 18.1. The number of hydrogen-bond acceptors (Lipinski definition) is 11. The van der Waals surface area contributed by atoms with E-state index in [1.807, 2.05) is 0 Å². The fourth-order valence-electron chi connectivity index (χ4n) is 4.30. The second kappa shape index (κ2) is 8.27. The van der Waals surface area contributed by atoms with E-state index in [2.05, 4.69) is 25.9 Å². The average Bonchev–Trinajstić information content (AvgIpc) is 3.24. The lowest BCUT2D eigenvalue weighted by Gasteiger charge is -2.24. The fourth-order valence-corrected chi connectivity index (χ4v) is 4.49. The minimum atomic E-state index is -4.55. The Morgan fingerprint density at radius 2 is 2.00 bits per heavy atom. The zero-order valence-electron chi connectivity index (χ0n) is 18.7. The normalized spacial score (nSPS) is 22.0. The number of halogens is 4. The van der Waals surface area contributed by atoms with Crippen LogP contribution in [0.15, 0.2) is 68.6 Å². The zero-order chi connectivity index (χ0) is 26.8. The predicted molar refractivity (Wildman–Crippen MR) is 127 cm³/mol. The SMILES string of the molecule is NN1C(c2ccc(-c3ccc(Cl)c([N+](=O)[O-])c3)o2)C12Nc1nonc1N=C2Nc1cccc(C(F)(F)F)c1. The molecule has 0 radical (unpaired) electrons. The van der Waals surface area contributed by atoms with Crippen LogP contribution in [-0.4, -0.2) is 31.7 Å². The number of aromatic nitrogens is 2. The van der Waals surface area contributed by atoms with Gasteiger partial charge in [-0.3, -0.25) is 16.0 Å². The molecule has 2 aromatic heterocycles. The third-order valence-corrected chi connectivity index (χ3v) is 6.47. The molecule has 4 heterocycles. The minimum absolute atomic E-state index is 0.0234. The summed E-state index contributed by atoms with van der Waals surface area (Å²) in [6.07, 6.45) is -4.55. The number of hydrazine groups is 1. The summed E-state index contributed by atoms with van der Waals surface area (Å²) in [4.78, 5) is 15.0. The summed E-state index contributed by atoms with van der Waals surface area (Å²) in [6, 6.07) is 11.3. The molecular formula is C22H14ClF3N8O4. The second-order valence-corrected chi connectivity index (χ2v) is 8.83. The Labute approximate surface area is 214 Å². The van der Waals surface area contributed by atoms with Crippen molar-refractivity contribution in [1.29, 1.82) is 0 Å². The molecule has 1 spiro atoms. The summed E-state index contributed by atoms with van der Waals surface area (Å²) in [5, 5.41) is 26.0. The van der Waals surface area contributed by atoms with Gasteiger partial charge in [0, 0.05) is 17.3 Å². The van der Waals surface area contributed by atoms with Crippen molar-refractivity contribution < 1.29 is 27.1 Å². The quantitative estimate of drug-likeness (QED) is 0.136. The van der Waals surface area contributed by atoms with Crippen molar-refractivity contribution in [2.75, 3.05) is 10.6 Å². The van der Waals surface area contributed by atoms with Gasteiger partial charge in [0.25, 0.3) is 5.69 Å². The maximum atomic E-state index is 13.3. The van der Waals surface area contributed by atoms with Crippen LogP contribution in [0.3, 0.4) is 0 Å². The molecule has 6 rings (SSSR count). The van der Waals surface area contributed by atoms with Crippen LogP contribution in [-0.2, 0) is 6.18 Å². The van der Waals surface area contributed by atoms with Crippen molar-refractivity contribution in [3.05, 3.63) is 81.1 Å². The first-order valence-corrected chi connectivity index (χ1v) is 11.2. The lowest BCUT2D eigenvalue weighted by molar-refractivity contribution is -0.384. The van der Waals surface area contributed by atoms with Crippen molar-refractivity contribution in [3.63, 3.8) is 0 Å². The maximum absolute atomic E-state index is 13.3. The molecule has 12 nitrogen and oxygen atoms in total. The molecule has 1 fully saturated rings. The molecule has 1 saturated heterocycles. The van der Waals surface area contributed by atoms with Crippen molar-refractivity contribution in [1.82, 2.24) is 15.3 Å². The number of amidine groups is 1. The fraction of sp³-hybridized carbons (Fsp3) is 0.136. The van der Waals surface area contributed by atoms with Crippen LogP contribution in [0.4, 0.5) is 36.2 Å². The van der Waals surface area contributed by atoms with Crippen molar-refractivity contribution in [2.45, 2.75) is 17.9 Å². The van der Waals surface area contributed by atoms with Gasteiger partial charge in [0.2, 0.25) is 11.6 Å². The van der Waals surface area contributed by atoms with E-state index < -0.39 is 28.4 Å². The van der Waals surface area contributed by atoms with Crippen LogP contribution in [0.2, 0.25) is 5.02 Å². The van der Waals surface area contributed by atoms with Gasteiger partial charge in [-0.25, -0.2) is 9.62 Å². The molecule has 0 saturated carbocycles. The molecule has 4 aromatic rings. The number of fused-ring (bicyclic) bond motifs is 1. The first-order valence-electron chi connectivity index (χ1n) is 10.8. The largest absolute Gasteiger partial charge is 0.459 e. The third kappa shape index (κ3) is 3.75. The van der Waals surface area contributed by atoms with E-state index in [9.17, 15) is 23.3 Å². The topological polar surface area (TPSA) is 161 Å². The van der Waals surface area contributed by atoms with Crippen LogP contribution < -0.4 is 16.5 Å². The van der Waals surface area contributed by atoms with E-state index in [0.717, 1.165) is 12.1 Å². The van der Waals surface area contributed by atoms with Crippen LogP contribution in [0.5, 0.6) is 0 Å². The molecular weight excluding hydrogens is 533 g/mol. The Bertz CT molecular complexity index is 1620. The number of rotatable bonds is 4. The summed E-state index contributed by atoms with van der Waals surface area (Å²) in [6.45, 7) is 0. The highest BCUT2D eigenvalue weighted by Crippen LogP contribution is 2.55. The molecule has 16 heteroatoms. The van der Waals surface area contributed by atoms with Crippen molar-refractivity contribution >= 4 is 40.4 Å². The van der Waals surface area contributed by atoms with E-state index in [0.29, 0.717) is 17.1 Å². The Kier molecular flexibility index (Phi) is 5.20. The Balaban J connectivity index is 1.35. The van der Waals surface area contributed by atoms with E-state index in [1.54, 1.807) is 18.2 Å². The van der Waals surface area contributed by atoms with Crippen molar-refractivity contribution in [3.8, 4) is 11.3 Å². The number of nitro groups is 1. The smallest absolute Gasteiger partial charge is 0.416 e. The van der Waals surface area contributed by atoms with Gasteiger partial charge in [-0.15, -0.1) is 0 Å². The number of anilines is 2. The van der Waals surface area contributed by atoms with Crippen LogP contribution in [0.25, 0.3) is 11.3 Å². The van der Waals surface area contributed by atoms with E-state index in [1.165, 1.54) is 29.3 Å². The number of alkyl halides is 3. The molecule has 0 amide bonds.